The van der Waals surface area contributed by atoms with Gasteiger partial charge in [-0.1, -0.05) is 6.07 Å². The molecule has 3 heterocycles. The molecule has 2 aromatic heterocycles. The van der Waals surface area contributed by atoms with Gasteiger partial charge >= 0.3 is 0 Å². The van der Waals surface area contributed by atoms with Crippen molar-refractivity contribution in [3.05, 3.63) is 44.9 Å². The molecular formula is C20H26N4O3S. The standard InChI is InChI=1S/C20H26N4O3S/c1-12-15(13(2)23(5)21-12)18(25)16-17(14-8-6-11-28-14)24(20(27)19(16)26)10-7-9-22(3)4/h6,8,11,17,25H,7,9-10H2,1-5H3/b18-16+. The lowest BCUT2D eigenvalue weighted by Gasteiger charge is -2.24. The Bertz CT molecular complexity index is 928. The summed E-state index contributed by atoms with van der Waals surface area (Å²) in [6.07, 6.45) is 0.743. The van der Waals surface area contributed by atoms with E-state index in [4.69, 9.17) is 0 Å². The van der Waals surface area contributed by atoms with Crippen molar-refractivity contribution < 1.29 is 14.7 Å². The minimum Gasteiger partial charge on any atom is -0.507 e. The average molecular weight is 403 g/mol. The maximum atomic E-state index is 12.9. The lowest BCUT2D eigenvalue weighted by atomic mass is 9.99. The molecule has 1 fully saturated rings. The number of aliphatic hydroxyl groups is 1. The Kier molecular flexibility index (Phi) is 5.71. The van der Waals surface area contributed by atoms with Gasteiger partial charge < -0.3 is 14.9 Å². The van der Waals surface area contributed by atoms with Crippen LogP contribution in [0.5, 0.6) is 0 Å². The molecule has 28 heavy (non-hydrogen) atoms. The van der Waals surface area contributed by atoms with Crippen LogP contribution in [0.3, 0.4) is 0 Å². The maximum Gasteiger partial charge on any atom is 0.295 e. The summed E-state index contributed by atoms with van der Waals surface area (Å²) in [4.78, 5) is 30.2. The van der Waals surface area contributed by atoms with Gasteiger partial charge in [0.2, 0.25) is 0 Å². The van der Waals surface area contributed by atoms with Gasteiger partial charge in [0, 0.05) is 24.2 Å². The van der Waals surface area contributed by atoms with Crippen molar-refractivity contribution in [3.63, 3.8) is 0 Å². The van der Waals surface area contributed by atoms with Crippen LogP contribution in [-0.4, -0.2) is 63.6 Å². The second kappa shape index (κ2) is 7.89. The molecule has 8 heteroatoms. The predicted octanol–water partition coefficient (Wildman–Crippen LogP) is 2.47. The molecule has 0 bridgehead atoms. The molecule has 7 nitrogen and oxygen atoms in total. The summed E-state index contributed by atoms with van der Waals surface area (Å²) < 4.78 is 1.66. The van der Waals surface area contributed by atoms with E-state index in [-0.39, 0.29) is 11.3 Å². The Morgan fingerprint density at radius 2 is 2.04 bits per heavy atom. The molecule has 1 aliphatic heterocycles. The smallest absolute Gasteiger partial charge is 0.295 e. The van der Waals surface area contributed by atoms with Crippen molar-refractivity contribution in [2.24, 2.45) is 7.05 Å². The van der Waals surface area contributed by atoms with Gasteiger partial charge in [-0.15, -0.1) is 11.3 Å². The van der Waals surface area contributed by atoms with Gasteiger partial charge in [0.05, 0.1) is 22.9 Å². The Morgan fingerprint density at radius 1 is 1.32 bits per heavy atom. The molecule has 150 valence electrons. The van der Waals surface area contributed by atoms with Crippen molar-refractivity contribution in [2.75, 3.05) is 27.2 Å². The number of aryl methyl sites for hydroxylation is 2. The van der Waals surface area contributed by atoms with E-state index in [1.165, 1.54) is 11.3 Å². The van der Waals surface area contributed by atoms with Gasteiger partial charge in [-0.05, 0) is 52.4 Å². The zero-order chi connectivity index (χ0) is 20.6. The molecule has 0 saturated carbocycles. The second-order valence-electron chi connectivity index (χ2n) is 7.33. The van der Waals surface area contributed by atoms with Gasteiger partial charge in [0.25, 0.3) is 11.7 Å². The Hall–Kier alpha value is -2.45. The highest BCUT2D eigenvalue weighted by Gasteiger charge is 2.46. The number of hydrogen-bond acceptors (Lipinski definition) is 6. The highest BCUT2D eigenvalue weighted by Crippen LogP contribution is 2.41. The predicted molar refractivity (Wildman–Crippen MR) is 109 cm³/mol. The lowest BCUT2D eigenvalue weighted by Crippen LogP contribution is -2.32. The average Bonchev–Trinajstić information content (AvgIpc) is 3.29. The van der Waals surface area contributed by atoms with Crippen molar-refractivity contribution >= 4 is 28.8 Å². The van der Waals surface area contributed by atoms with Gasteiger partial charge in [-0.3, -0.25) is 14.3 Å². The first kappa shape index (κ1) is 20.3. The van der Waals surface area contributed by atoms with Crippen LogP contribution in [0.2, 0.25) is 0 Å². The van der Waals surface area contributed by atoms with E-state index in [1.54, 1.807) is 23.6 Å². The fourth-order valence-electron chi connectivity index (χ4n) is 3.66. The molecule has 1 aliphatic rings. The third-order valence-corrected chi connectivity index (χ3v) is 6.03. The third kappa shape index (κ3) is 3.49. The second-order valence-corrected chi connectivity index (χ2v) is 8.31. The van der Waals surface area contributed by atoms with E-state index >= 15 is 0 Å². The molecular weight excluding hydrogens is 376 g/mol. The topological polar surface area (TPSA) is 78.7 Å². The van der Waals surface area contributed by atoms with Crippen LogP contribution in [0.15, 0.2) is 23.1 Å². The molecule has 1 N–H and O–H groups in total. The zero-order valence-corrected chi connectivity index (χ0v) is 17.7. The molecule has 0 aromatic carbocycles. The van der Waals surface area contributed by atoms with E-state index in [2.05, 4.69) is 5.10 Å². The zero-order valence-electron chi connectivity index (χ0n) is 16.9. The third-order valence-electron chi connectivity index (χ3n) is 5.10. The number of ketones is 1. The number of carbonyl (C=O) groups excluding carboxylic acids is 2. The molecule has 1 saturated heterocycles. The first-order valence-electron chi connectivity index (χ1n) is 9.21. The largest absolute Gasteiger partial charge is 0.507 e. The van der Waals surface area contributed by atoms with Crippen LogP contribution in [0, 0.1) is 13.8 Å². The van der Waals surface area contributed by atoms with E-state index in [0.29, 0.717) is 17.8 Å². The summed E-state index contributed by atoms with van der Waals surface area (Å²) in [5.41, 5.74) is 2.05. The molecule has 1 amide bonds. The minimum atomic E-state index is -0.636. The number of nitrogens with zero attached hydrogens (tertiary/aromatic N) is 4. The van der Waals surface area contributed by atoms with Crippen molar-refractivity contribution in [1.29, 1.82) is 0 Å². The number of likely N-dealkylation sites (tertiary alicyclic amines) is 1. The summed E-state index contributed by atoms with van der Waals surface area (Å²) in [7, 11) is 5.73. The molecule has 0 spiro atoms. The number of aromatic nitrogens is 2. The highest BCUT2D eigenvalue weighted by molar-refractivity contribution is 7.10. The fourth-order valence-corrected chi connectivity index (χ4v) is 4.51. The van der Waals surface area contributed by atoms with Crippen molar-refractivity contribution in [2.45, 2.75) is 26.3 Å². The quantitative estimate of drug-likeness (QED) is 0.456. The normalized spacial score (nSPS) is 19.2. The first-order chi connectivity index (χ1) is 13.2. The number of carbonyl (C=O) groups is 2. The van der Waals surface area contributed by atoms with Crippen LogP contribution < -0.4 is 0 Å². The van der Waals surface area contributed by atoms with Gasteiger partial charge in [-0.2, -0.15) is 5.10 Å². The maximum absolute atomic E-state index is 12.9. The van der Waals surface area contributed by atoms with Crippen LogP contribution in [0.4, 0.5) is 0 Å². The lowest BCUT2D eigenvalue weighted by molar-refractivity contribution is -0.139. The molecule has 1 unspecified atom stereocenters. The van der Waals surface area contributed by atoms with Crippen LogP contribution in [0.1, 0.15) is 34.3 Å². The van der Waals surface area contributed by atoms with Crippen molar-refractivity contribution in [3.8, 4) is 0 Å². The Morgan fingerprint density at radius 3 is 2.57 bits per heavy atom. The van der Waals surface area contributed by atoms with Crippen molar-refractivity contribution in [1.82, 2.24) is 19.6 Å². The molecule has 0 aliphatic carbocycles. The summed E-state index contributed by atoms with van der Waals surface area (Å²) in [5.74, 6) is -1.34. The Balaban J connectivity index is 2.10. The summed E-state index contributed by atoms with van der Waals surface area (Å²) >= 11 is 1.48. The molecule has 2 aromatic rings. The number of rotatable bonds is 6. The van der Waals surface area contributed by atoms with E-state index < -0.39 is 17.7 Å². The van der Waals surface area contributed by atoms with E-state index in [0.717, 1.165) is 23.5 Å². The SMILES string of the molecule is Cc1nn(C)c(C)c1/C(O)=C1\C(=O)C(=O)N(CCCN(C)C)C1c1cccs1. The molecule has 1 atom stereocenters. The highest BCUT2D eigenvalue weighted by atomic mass is 32.1. The Labute approximate surface area is 168 Å². The fraction of sp³-hybridized carbons (Fsp3) is 0.450. The number of thiophene rings is 1. The molecule has 3 rings (SSSR count). The number of aliphatic hydroxyl groups excluding tert-OH is 1. The van der Waals surface area contributed by atoms with Gasteiger partial charge in [0.1, 0.15) is 5.76 Å². The summed E-state index contributed by atoms with van der Waals surface area (Å²) in [5, 5.41) is 17.4. The van der Waals surface area contributed by atoms with E-state index in [1.807, 2.05) is 43.4 Å². The van der Waals surface area contributed by atoms with Crippen LogP contribution in [0.25, 0.3) is 5.76 Å². The number of amides is 1. The van der Waals surface area contributed by atoms with Gasteiger partial charge in [-0.25, -0.2) is 0 Å². The first-order valence-corrected chi connectivity index (χ1v) is 10.1. The molecule has 0 radical (unpaired) electrons. The van der Waals surface area contributed by atoms with Crippen LogP contribution >= 0.6 is 11.3 Å². The minimum absolute atomic E-state index is 0.144. The van der Waals surface area contributed by atoms with Crippen LogP contribution in [-0.2, 0) is 16.6 Å². The summed E-state index contributed by atoms with van der Waals surface area (Å²) in [6, 6.07) is 3.22. The summed E-state index contributed by atoms with van der Waals surface area (Å²) in [6.45, 7) is 4.88. The monoisotopic (exact) mass is 402 g/mol. The number of hydrogen-bond donors (Lipinski definition) is 1. The number of Topliss-reactive ketones (excluding diaryl/α,β-unsaturated/α-hetero) is 1. The van der Waals surface area contributed by atoms with Gasteiger partial charge in [0.15, 0.2) is 0 Å². The van der Waals surface area contributed by atoms with E-state index in [9.17, 15) is 14.7 Å².